The highest BCUT2D eigenvalue weighted by Gasteiger charge is 2.00. The highest BCUT2D eigenvalue weighted by Crippen LogP contribution is 2.17. The van der Waals surface area contributed by atoms with Crippen molar-refractivity contribution in [2.45, 2.75) is 6.04 Å². The number of hydrogen-bond donors (Lipinski definition) is 0. The normalized spacial score (nSPS) is 10.7. The molecule has 0 spiro atoms. The zero-order chi connectivity index (χ0) is 10.4. The molecule has 0 fully saturated rings. The molecule has 1 aromatic rings. The minimum atomic E-state index is -1.00. The van der Waals surface area contributed by atoms with E-state index in [0.29, 0.717) is 18.3 Å². The Bertz CT molecular complexity index is 340. The topological polar surface area (TPSA) is 58.9 Å². The van der Waals surface area contributed by atoms with Gasteiger partial charge < -0.3 is 9.59 Å². The van der Waals surface area contributed by atoms with Crippen LogP contribution in [0.2, 0.25) is 0 Å². The molecule has 5 heteroatoms. The van der Waals surface area contributed by atoms with Crippen LogP contribution in [0, 0.1) is 0 Å². The number of azo groups is 1. The van der Waals surface area contributed by atoms with Gasteiger partial charge in [0.05, 0.1) is 5.69 Å². The van der Waals surface area contributed by atoms with E-state index in [2.05, 4.69) is 26.2 Å². The van der Waals surface area contributed by atoms with Crippen molar-refractivity contribution in [3.8, 4) is 0 Å². The Kier molecular flexibility index (Phi) is 4.12. The molecule has 0 radical (unpaired) electrons. The first-order chi connectivity index (χ1) is 6.76. The summed E-state index contributed by atoms with van der Waals surface area (Å²) in [5, 5.41) is 7.27. The molecule has 0 atom stereocenters. The summed E-state index contributed by atoms with van der Waals surface area (Å²) in [6, 6.07) is 6.04. The fraction of sp³-hybridized carbons (Fsp3) is 0.111. The predicted octanol–water partition coefficient (Wildman–Crippen LogP) is 2.30. The second-order valence-electron chi connectivity index (χ2n) is 2.45. The molecule has 0 aliphatic heterocycles. The maximum absolute atomic E-state index is 10.2. The lowest BCUT2D eigenvalue weighted by atomic mass is 10.3. The van der Waals surface area contributed by atoms with Gasteiger partial charge in [-0.05, 0) is 24.3 Å². The Morgan fingerprint density at radius 2 is 1.71 bits per heavy atom. The van der Waals surface area contributed by atoms with Gasteiger partial charge in [0, 0.05) is 4.47 Å². The minimum absolute atomic E-state index is 0.440. The van der Waals surface area contributed by atoms with Crippen LogP contribution in [0.15, 0.2) is 39.0 Å². The Morgan fingerprint density at radius 1 is 1.14 bits per heavy atom. The molecule has 0 N–H and O–H groups in total. The molecule has 0 aliphatic rings. The molecule has 0 aromatic heterocycles. The van der Waals surface area contributed by atoms with Crippen LogP contribution in [0.3, 0.4) is 0 Å². The molecule has 14 heavy (non-hydrogen) atoms. The van der Waals surface area contributed by atoms with Crippen molar-refractivity contribution in [2.75, 3.05) is 0 Å². The van der Waals surface area contributed by atoms with Crippen molar-refractivity contribution < 1.29 is 9.59 Å². The number of carbonyl (C=O) groups excluding carboxylic acids is 2. The number of benzene rings is 1. The first kappa shape index (κ1) is 10.7. The number of carbonyl (C=O) groups is 2. The van der Waals surface area contributed by atoms with Gasteiger partial charge in [-0.15, -0.1) is 0 Å². The van der Waals surface area contributed by atoms with Gasteiger partial charge >= 0.3 is 0 Å². The van der Waals surface area contributed by atoms with Crippen molar-refractivity contribution in [2.24, 2.45) is 10.2 Å². The third kappa shape index (κ3) is 3.18. The predicted molar refractivity (Wildman–Crippen MR) is 54.6 cm³/mol. The van der Waals surface area contributed by atoms with Crippen LogP contribution in [0.1, 0.15) is 0 Å². The third-order valence-electron chi connectivity index (χ3n) is 1.41. The number of nitrogens with zero attached hydrogens (tertiary/aromatic N) is 2. The van der Waals surface area contributed by atoms with Crippen LogP contribution in [-0.4, -0.2) is 18.6 Å². The van der Waals surface area contributed by atoms with Gasteiger partial charge in [0.1, 0.15) is 0 Å². The highest BCUT2D eigenvalue weighted by molar-refractivity contribution is 9.10. The van der Waals surface area contributed by atoms with E-state index in [9.17, 15) is 9.59 Å². The van der Waals surface area contributed by atoms with Gasteiger partial charge in [0.25, 0.3) is 0 Å². The lowest BCUT2D eigenvalue weighted by Gasteiger charge is -1.93. The van der Waals surface area contributed by atoms with E-state index in [1.54, 1.807) is 24.3 Å². The molecule has 0 saturated heterocycles. The second-order valence-corrected chi connectivity index (χ2v) is 3.37. The van der Waals surface area contributed by atoms with Crippen molar-refractivity contribution in [3.63, 3.8) is 0 Å². The van der Waals surface area contributed by atoms with Crippen LogP contribution in [-0.2, 0) is 9.59 Å². The van der Waals surface area contributed by atoms with Crippen molar-refractivity contribution in [1.82, 2.24) is 0 Å². The van der Waals surface area contributed by atoms with Gasteiger partial charge in [-0.25, -0.2) is 0 Å². The summed E-state index contributed by atoms with van der Waals surface area (Å²) in [6.45, 7) is 0. The minimum Gasteiger partial charge on any atom is -0.300 e. The Morgan fingerprint density at radius 3 is 2.21 bits per heavy atom. The summed E-state index contributed by atoms with van der Waals surface area (Å²) in [4.78, 5) is 20.4. The molecule has 0 unspecified atom stereocenters. The van der Waals surface area contributed by atoms with Crippen LogP contribution < -0.4 is 0 Å². The van der Waals surface area contributed by atoms with E-state index in [1.807, 2.05) is 0 Å². The molecule has 0 bridgehead atoms. The molecule has 4 nitrogen and oxygen atoms in total. The summed E-state index contributed by atoms with van der Waals surface area (Å²) < 4.78 is 0.929. The number of aldehydes is 2. The molecule has 72 valence electrons. The van der Waals surface area contributed by atoms with Crippen molar-refractivity contribution in [3.05, 3.63) is 28.7 Å². The lowest BCUT2D eigenvalue weighted by molar-refractivity contribution is -0.116. The summed E-state index contributed by atoms with van der Waals surface area (Å²) in [6.07, 6.45) is 0.880. The van der Waals surface area contributed by atoms with Gasteiger partial charge in [-0.2, -0.15) is 10.2 Å². The molecule has 1 rings (SSSR count). The molecule has 0 saturated carbocycles. The molecule has 0 heterocycles. The van der Waals surface area contributed by atoms with Gasteiger partial charge in [0.15, 0.2) is 18.6 Å². The van der Waals surface area contributed by atoms with E-state index >= 15 is 0 Å². The van der Waals surface area contributed by atoms with E-state index in [0.717, 1.165) is 4.47 Å². The molecule has 0 amide bonds. The van der Waals surface area contributed by atoms with Gasteiger partial charge in [0.2, 0.25) is 0 Å². The van der Waals surface area contributed by atoms with E-state index in [1.165, 1.54) is 0 Å². The monoisotopic (exact) mass is 254 g/mol. The third-order valence-corrected chi connectivity index (χ3v) is 1.94. The smallest absolute Gasteiger partial charge is 0.181 e. The average molecular weight is 255 g/mol. The van der Waals surface area contributed by atoms with Gasteiger partial charge in [-0.1, -0.05) is 15.9 Å². The molecule has 1 aromatic carbocycles. The number of hydrogen-bond acceptors (Lipinski definition) is 4. The molecule has 0 aliphatic carbocycles. The molecular weight excluding hydrogens is 248 g/mol. The van der Waals surface area contributed by atoms with E-state index < -0.39 is 6.04 Å². The highest BCUT2D eigenvalue weighted by atomic mass is 79.9. The maximum Gasteiger partial charge on any atom is 0.181 e. The zero-order valence-electron chi connectivity index (χ0n) is 7.13. The Labute approximate surface area is 89.2 Å². The van der Waals surface area contributed by atoms with Crippen LogP contribution >= 0.6 is 15.9 Å². The lowest BCUT2D eigenvalue weighted by Crippen LogP contribution is -2.05. The van der Waals surface area contributed by atoms with E-state index in [4.69, 9.17) is 0 Å². The quantitative estimate of drug-likeness (QED) is 0.470. The summed E-state index contributed by atoms with van der Waals surface area (Å²) in [5.41, 5.74) is 0.599. The summed E-state index contributed by atoms with van der Waals surface area (Å²) in [7, 11) is 0. The largest absolute Gasteiger partial charge is 0.300 e. The first-order valence-corrected chi connectivity index (χ1v) is 4.62. The first-order valence-electron chi connectivity index (χ1n) is 3.83. The summed E-state index contributed by atoms with van der Waals surface area (Å²) in [5.74, 6) is 0. The maximum atomic E-state index is 10.2. The fourth-order valence-corrected chi connectivity index (χ4v) is 0.992. The van der Waals surface area contributed by atoms with Crippen LogP contribution in [0.4, 0.5) is 5.69 Å². The number of halogens is 1. The van der Waals surface area contributed by atoms with Crippen LogP contribution in [0.5, 0.6) is 0 Å². The van der Waals surface area contributed by atoms with E-state index in [-0.39, 0.29) is 0 Å². The number of rotatable bonds is 4. The molecular formula is C9H7BrN2O2. The Balaban J connectivity index is 2.72. The van der Waals surface area contributed by atoms with Gasteiger partial charge in [-0.3, -0.25) is 0 Å². The zero-order valence-corrected chi connectivity index (χ0v) is 8.72. The second kappa shape index (κ2) is 5.39. The SMILES string of the molecule is O=CC(C=O)N=Nc1ccc(Br)cc1. The van der Waals surface area contributed by atoms with Crippen molar-refractivity contribution in [1.29, 1.82) is 0 Å². The average Bonchev–Trinajstić information content (AvgIpc) is 2.22. The van der Waals surface area contributed by atoms with Crippen LogP contribution in [0.25, 0.3) is 0 Å². The summed E-state index contributed by atoms with van der Waals surface area (Å²) >= 11 is 3.27. The van der Waals surface area contributed by atoms with Crippen molar-refractivity contribution >= 4 is 34.2 Å². The Hall–Kier alpha value is -1.36. The fourth-order valence-electron chi connectivity index (χ4n) is 0.728. The standard InChI is InChI=1S/C9H7BrN2O2/c10-7-1-3-8(4-2-7)11-12-9(5-13)6-14/h1-6,9H.